The topological polar surface area (TPSA) is 75.1 Å². The van der Waals surface area contributed by atoms with E-state index in [0.717, 1.165) is 35.0 Å². The van der Waals surface area contributed by atoms with Crippen molar-refractivity contribution in [2.24, 2.45) is 0 Å². The molecule has 0 amide bonds. The lowest BCUT2D eigenvalue weighted by molar-refractivity contribution is 0.0698. The molecule has 24 heavy (non-hydrogen) atoms. The van der Waals surface area contributed by atoms with Crippen LogP contribution in [0.4, 0.5) is 15.8 Å². The molecule has 0 fully saturated rings. The normalized spacial score (nSPS) is 10.6. The zero-order chi connectivity index (χ0) is 17.3. The van der Waals surface area contributed by atoms with Gasteiger partial charge in [-0.1, -0.05) is 17.7 Å². The molecule has 0 aliphatic carbocycles. The average molecular weight is 364 g/mol. The molecular formula is C16H11ClFN3O2S. The molecule has 0 radical (unpaired) electrons. The van der Waals surface area contributed by atoms with Gasteiger partial charge < -0.3 is 10.4 Å². The van der Waals surface area contributed by atoms with Crippen molar-refractivity contribution in [2.75, 3.05) is 5.32 Å². The number of benzene rings is 2. The van der Waals surface area contributed by atoms with Gasteiger partial charge in [0.25, 0.3) is 0 Å². The summed E-state index contributed by atoms with van der Waals surface area (Å²) in [5, 5.41) is 12.5. The van der Waals surface area contributed by atoms with E-state index in [1.165, 1.54) is 6.07 Å². The Morgan fingerprint density at radius 3 is 2.62 bits per heavy atom. The van der Waals surface area contributed by atoms with Crippen LogP contribution in [0.15, 0.2) is 36.4 Å². The van der Waals surface area contributed by atoms with E-state index in [1.807, 2.05) is 13.0 Å². The predicted octanol–water partition coefficient (Wildman–Crippen LogP) is 4.75. The molecule has 2 aromatic carbocycles. The number of hydrogen-bond acceptors (Lipinski definition) is 5. The first-order chi connectivity index (χ1) is 11.5. The van der Waals surface area contributed by atoms with Gasteiger partial charge in [0.1, 0.15) is 11.5 Å². The average Bonchev–Trinajstić information content (AvgIpc) is 2.95. The molecule has 0 bridgehead atoms. The first kappa shape index (κ1) is 16.4. The number of anilines is 2. The van der Waals surface area contributed by atoms with Crippen LogP contribution in [0.5, 0.6) is 0 Å². The molecule has 0 saturated heterocycles. The second-order valence-electron chi connectivity index (χ2n) is 5.05. The van der Waals surface area contributed by atoms with Gasteiger partial charge in [-0.3, -0.25) is 0 Å². The van der Waals surface area contributed by atoms with Crippen LogP contribution in [0, 0.1) is 12.7 Å². The lowest BCUT2D eigenvalue weighted by atomic mass is 10.1. The van der Waals surface area contributed by atoms with Gasteiger partial charge in [0, 0.05) is 11.3 Å². The minimum atomic E-state index is -1.13. The lowest BCUT2D eigenvalue weighted by Crippen LogP contribution is -2.04. The van der Waals surface area contributed by atoms with Crippen LogP contribution in [-0.4, -0.2) is 19.8 Å². The zero-order valence-corrected chi connectivity index (χ0v) is 14.0. The summed E-state index contributed by atoms with van der Waals surface area (Å²) in [4.78, 5) is 11.3. The fourth-order valence-corrected chi connectivity index (χ4v) is 3.02. The molecule has 0 spiro atoms. The number of nitrogens with zero attached hydrogens (tertiary/aromatic N) is 2. The smallest absolute Gasteiger partial charge is 0.337 e. The molecule has 2 N–H and O–H groups in total. The molecule has 3 rings (SSSR count). The molecule has 122 valence electrons. The van der Waals surface area contributed by atoms with E-state index in [0.29, 0.717) is 16.5 Å². The predicted molar refractivity (Wildman–Crippen MR) is 91.7 cm³/mol. The number of hydrogen-bond donors (Lipinski definition) is 2. The van der Waals surface area contributed by atoms with E-state index in [-0.39, 0.29) is 11.3 Å². The highest BCUT2D eigenvalue weighted by Crippen LogP contribution is 2.31. The maximum absolute atomic E-state index is 13.4. The van der Waals surface area contributed by atoms with Crippen LogP contribution in [0.1, 0.15) is 15.9 Å². The summed E-state index contributed by atoms with van der Waals surface area (Å²) < 4.78 is 21.5. The van der Waals surface area contributed by atoms with Gasteiger partial charge in [0.2, 0.25) is 0 Å². The van der Waals surface area contributed by atoms with Gasteiger partial charge >= 0.3 is 5.97 Å². The van der Waals surface area contributed by atoms with Crippen LogP contribution >= 0.6 is 23.3 Å². The Kier molecular flexibility index (Phi) is 4.46. The number of carbonyl (C=O) groups is 1. The fourth-order valence-electron chi connectivity index (χ4n) is 2.25. The number of nitrogens with one attached hydrogen (secondary N) is 1. The molecule has 1 heterocycles. The number of aromatic carboxylic acids is 1. The SMILES string of the molecule is Cc1cc(-c2nsnc2Cl)ccc1Nc1cc(F)ccc1C(=O)O. The molecule has 3 aromatic rings. The number of halogens is 2. The summed E-state index contributed by atoms with van der Waals surface area (Å²) in [6.07, 6.45) is 0. The van der Waals surface area contributed by atoms with Gasteiger partial charge in [-0.15, -0.1) is 0 Å². The highest BCUT2D eigenvalue weighted by Gasteiger charge is 2.13. The Labute approximate surface area is 146 Å². The van der Waals surface area contributed by atoms with Crippen LogP contribution in [-0.2, 0) is 0 Å². The summed E-state index contributed by atoms with van der Waals surface area (Å²) in [6, 6.07) is 8.89. The van der Waals surface area contributed by atoms with Crippen molar-refractivity contribution in [3.05, 3.63) is 58.5 Å². The first-order valence-corrected chi connectivity index (χ1v) is 7.95. The fraction of sp³-hybridized carbons (Fsp3) is 0.0625. The highest BCUT2D eigenvalue weighted by molar-refractivity contribution is 6.99. The Morgan fingerprint density at radius 2 is 2.00 bits per heavy atom. The number of rotatable bonds is 4. The molecule has 0 atom stereocenters. The summed E-state index contributed by atoms with van der Waals surface area (Å²) >= 11 is 7.01. The van der Waals surface area contributed by atoms with E-state index >= 15 is 0 Å². The molecule has 8 heteroatoms. The van der Waals surface area contributed by atoms with Crippen molar-refractivity contribution in [3.63, 3.8) is 0 Å². The third-order valence-electron chi connectivity index (χ3n) is 3.43. The first-order valence-electron chi connectivity index (χ1n) is 6.84. The molecule has 0 aliphatic heterocycles. The van der Waals surface area contributed by atoms with E-state index in [2.05, 4.69) is 14.1 Å². The second-order valence-corrected chi connectivity index (χ2v) is 5.94. The lowest BCUT2D eigenvalue weighted by Gasteiger charge is -2.13. The molecule has 1 aromatic heterocycles. The van der Waals surface area contributed by atoms with Crippen molar-refractivity contribution in [2.45, 2.75) is 6.92 Å². The van der Waals surface area contributed by atoms with Gasteiger partial charge in [0.05, 0.1) is 23.0 Å². The minimum Gasteiger partial charge on any atom is -0.478 e. The molecule has 5 nitrogen and oxygen atoms in total. The Balaban J connectivity index is 1.96. The monoisotopic (exact) mass is 363 g/mol. The van der Waals surface area contributed by atoms with Crippen LogP contribution in [0.25, 0.3) is 11.3 Å². The Morgan fingerprint density at radius 1 is 1.21 bits per heavy atom. The van der Waals surface area contributed by atoms with Crippen molar-refractivity contribution in [1.82, 2.24) is 8.75 Å². The third kappa shape index (κ3) is 3.22. The maximum atomic E-state index is 13.4. The van der Waals surface area contributed by atoms with E-state index in [9.17, 15) is 14.3 Å². The zero-order valence-electron chi connectivity index (χ0n) is 12.4. The quantitative estimate of drug-likeness (QED) is 0.699. The summed E-state index contributed by atoms with van der Waals surface area (Å²) in [6.45, 7) is 1.85. The van der Waals surface area contributed by atoms with Crippen molar-refractivity contribution < 1.29 is 14.3 Å². The number of aromatic nitrogens is 2. The minimum absolute atomic E-state index is 0.00776. The van der Waals surface area contributed by atoms with E-state index in [1.54, 1.807) is 12.1 Å². The number of carboxylic acid groups (broad SMARTS) is 1. The maximum Gasteiger partial charge on any atom is 0.337 e. The summed E-state index contributed by atoms with van der Waals surface area (Å²) in [5.74, 6) is -1.65. The standard InChI is InChI=1S/C16H11ClFN3O2S/c1-8-6-9(14-15(17)21-24-20-14)2-5-12(8)19-13-7-10(18)3-4-11(13)16(22)23/h2-7,19H,1H3,(H,22,23). The van der Waals surface area contributed by atoms with Crippen LogP contribution in [0.2, 0.25) is 5.15 Å². The van der Waals surface area contributed by atoms with E-state index in [4.69, 9.17) is 11.6 Å². The Hall–Kier alpha value is -2.51. The second kappa shape index (κ2) is 6.54. The summed E-state index contributed by atoms with van der Waals surface area (Å²) in [7, 11) is 0. The van der Waals surface area contributed by atoms with Crippen molar-refractivity contribution in [1.29, 1.82) is 0 Å². The molecule has 0 unspecified atom stereocenters. The van der Waals surface area contributed by atoms with Gasteiger partial charge in [-0.05, 0) is 42.8 Å². The molecule has 0 aliphatic rings. The molecular weight excluding hydrogens is 353 g/mol. The Bertz CT molecular complexity index is 929. The third-order valence-corrected chi connectivity index (χ3v) is 4.32. The molecule has 0 saturated carbocycles. The van der Waals surface area contributed by atoms with Gasteiger partial charge in [-0.25, -0.2) is 9.18 Å². The van der Waals surface area contributed by atoms with Gasteiger partial charge in [-0.2, -0.15) is 8.75 Å². The number of aryl methyl sites for hydroxylation is 1. The summed E-state index contributed by atoms with van der Waals surface area (Å²) in [5.41, 5.74) is 3.06. The van der Waals surface area contributed by atoms with Crippen molar-refractivity contribution in [3.8, 4) is 11.3 Å². The highest BCUT2D eigenvalue weighted by atomic mass is 35.5. The van der Waals surface area contributed by atoms with Crippen molar-refractivity contribution >= 4 is 40.7 Å². The van der Waals surface area contributed by atoms with Gasteiger partial charge in [0.15, 0.2) is 5.15 Å². The van der Waals surface area contributed by atoms with Crippen LogP contribution in [0.3, 0.4) is 0 Å². The largest absolute Gasteiger partial charge is 0.478 e. The van der Waals surface area contributed by atoms with E-state index < -0.39 is 11.8 Å². The number of carboxylic acids is 1. The van der Waals surface area contributed by atoms with Crippen LogP contribution < -0.4 is 5.32 Å².